The van der Waals surface area contributed by atoms with Crippen LogP contribution in [0.2, 0.25) is 0 Å². The van der Waals surface area contributed by atoms with E-state index in [4.69, 9.17) is 0 Å². The van der Waals surface area contributed by atoms with Crippen LogP contribution in [0.1, 0.15) is 53.6 Å². The molecule has 1 saturated heterocycles. The third kappa shape index (κ3) is 5.20. The van der Waals surface area contributed by atoms with Gasteiger partial charge in [-0.25, -0.2) is 4.98 Å². The summed E-state index contributed by atoms with van der Waals surface area (Å²) in [6.07, 6.45) is 6.08. The lowest BCUT2D eigenvalue weighted by Gasteiger charge is -2.32. The van der Waals surface area contributed by atoms with E-state index in [-0.39, 0.29) is 24.5 Å². The number of carbonyl (C=O) groups excluding carboxylic acids is 2. The zero-order valence-electron chi connectivity index (χ0n) is 14.4. The molecule has 0 radical (unpaired) electrons. The van der Waals surface area contributed by atoms with Crippen LogP contribution in [0, 0.1) is 0 Å². The number of carbonyl (C=O) groups is 2. The molecule has 0 aromatic carbocycles. The Bertz CT molecular complexity index is 712. The highest BCUT2D eigenvalue weighted by molar-refractivity contribution is 7.15. The van der Waals surface area contributed by atoms with Crippen molar-refractivity contribution in [2.45, 2.75) is 51.6 Å². The van der Waals surface area contributed by atoms with Crippen LogP contribution in [0.3, 0.4) is 0 Å². The third-order valence-corrected chi connectivity index (χ3v) is 6.28. The molecule has 3 rings (SSSR count). The van der Waals surface area contributed by atoms with Crippen LogP contribution in [-0.2, 0) is 11.3 Å². The van der Waals surface area contributed by atoms with E-state index in [0.29, 0.717) is 16.1 Å². The largest absolute Gasteiger partial charge is 0.302 e. The van der Waals surface area contributed by atoms with E-state index in [2.05, 4.69) is 22.1 Å². The van der Waals surface area contributed by atoms with Gasteiger partial charge in [-0.1, -0.05) is 12.5 Å². The van der Waals surface area contributed by atoms with Gasteiger partial charge in [0.05, 0.1) is 4.88 Å². The number of anilines is 1. The zero-order valence-corrected chi connectivity index (χ0v) is 16.0. The van der Waals surface area contributed by atoms with Crippen LogP contribution >= 0.6 is 22.7 Å². The van der Waals surface area contributed by atoms with Gasteiger partial charge in [0, 0.05) is 36.5 Å². The summed E-state index contributed by atoms with van der Waals surface area (Å²) in [6, 6.07) is 4.25. The first-order valence-electron chi connectivity index (χ1n) is 8.67. The van der Waals surface area contributed by atoms with Gasteiger partial charge in [-0.15, -0.1) is 22.7 Å². The smallest absolute Gasteiger partial charge is 0.226 e. The maximum atomic E-state index is 12.0. The summed E-state index contributed by atoms with van der Waals surface area (Å²) < 4.78 is 0. The normalized spacial score (nSPS) is 18.2. The van der Waals surface area contributed by atoms with E-state index >= 15 is 0 Å². The number of nitrogens with zero attached hydrogens (tertiary/aromatic N) is 2. The molecule has 2 aromatic heterocycles. The summed E-state index contributed by atoms with van der Waals surface area (Å²) in [6.45, 7) is 4.30. The number of likely N-dealkylation sites (tertiary alicyclic amines) is 1. The molecule has 1 amide bonds. The molecule has 3 heterocycles. The Morgan fingerprint density at radius 1 is 1.36 bits per heavy atom. The number of rotatable bonds is 7. The highest BCUT2D eigenvalue weighted by Crippen LogP contribution is 2.24. The Morgan fingerprint density at radius 3 is 3.00 bits per heavy atom. The number of hydrogen-bond donors (Lipinski definition) is 1. The Morgan fingerprint density at radius 2 is 2.24 bits per heavy atom. The Kier molecular flexibility index (Phi) is 6.34. The van der Waals surface area contributed by atoms with E-state index < -0.39 is 0 Å². The molecule has 5 nitrogen and oxygen atoms in total. The van der Waals surface area contributed by atoms with Gasteiger partial charge in [-0.05, 0) is 37.8 Å². The summed E-state index contributed by atoms with van der Waals surface area (Å²) in [5, 5.41) is 5.30. The van der Waals surface area contributed by atoms with Gasteiger partial charge in [0.25, 0.3) is 0 Å². The minimum atomic E-state index is -0.155. The molecular weight excluding hydrogens is 354 g/mol. The topological polar surface area (TPSA) is 62.3 Å². The molecule has 2 aromatic rings. The number of aromatic nitrogens is 1. The molecule has 25 heavy (non-hydrogen) atoms. The fourth-order valence-corrected chi connectivity index (χ4v) is 4.55. The average Bonchev–Trinajstić information content (AvgIpc) is 3.27. The summed E-state index contributed by atoms with van der Waals surface area (Å²) in [5.74, 6) is -0.138. The average molecular weight is 378 g/mol. The first-order chi connectivity index (χ1) is 12.1. The second kappa shape index (κ2) is 8.69. The lowest BCUT2D eigenvalue weighted by molar-refractivity contribution is -0.116. The molecule has 1 aliphatic rings. The van der Waals surface area contributed by atoms with Gasteiger partial charge in [-0.2, -0.15) is 0 Å². The fourth-order valence-electron chi connectivity index (χ4n) is 3.00. The van der Waals surface area contributed by atoms with Crippen LogP contribution in [0.4, 0.5) is 5.13 Å². The van der Waals surface area contributed by atoms with Crippen molar-refractivity contribution in [3.05, 3.63) is 33.5 Å². The van der Waals surface area contributed by atoms with Crippen LogP contribution in [0.5, 0.6) is 0 Å². The van der Waals surface area contributed by atoms with Crippen molar-refractivity contribution in [2.75, 3.05) is 11.9 Å². The molecule has 7 heteroatoms. The van der Waals surface area contributed by atoms with Crippen molar-refractivity contribution >= 4 is 39.5 Å². The number of piperidine rings is 1. The molecule has 1 N–H and O–H groups in total. The molecular formula is C18H23N3O2S2. The van der Waals surface area contributed by atoms with E-state index in [1.165, 1.54) is 46.8 Å². The van der Waals surface area contributed by atoms with Gasteiger partial charge < -0.3 is 5.32 Å². The van der Waals surface area contributed by atoms with Crippen LogP contribution in [-0.4, -0.2) is 34.2 Å². The van der Waals surface area contributed by atoms with Crippen LogP contribution in [0.25, 0.3) is 0 Å². The molecule has 1 aliphatic heterocycles. The van der Waals surface area contributed by atoms with Gasteiger partial charge >= 0.3 is 0 Å². The number of Topliss-reactive ketones (excluding diaryl/α,β-unsaturated/α-hetero) is 1. The maximum absolute atomic E-state index is 12.0. The van der Waals surface area contributed by atoms with Crippen molar-refractivity contribution in [1.29, 1.82) is 0 Å². The lowest BCUT2D eigenvalue weighted by Crippen LogP contribution is -2.36. The predicted molar refractivity (Wildman–Crippen MR) is 102 cm³/mol. The molecule has 0 aliphatic carbocycles. The second-order valence-electron chi connectivity index (χ2n) is 6.40. The fraction of sp³-hybridized carbons (Fsp3) is 0.500. The Hall–Kier alpha value is -1.57. The number of thiophene rings is 1. The minimum Gasteiger partial charge on any atom is -0.302 e. The monoisotopic (exact) mass is 377 g/mol. The van der Waals surface area contributed by atoms with Crippen molar-refractivity contribution in [2.24, 2.45) is 0 Å². The Balaban J connectivity index is 1.46. The highest BCUT2D eigenvalue weighted by Gasteiger charge is 2.19. The standard InChI is InChI=1S/C18H23N3O2S2/c1-13-5-2-3-9-21(13)12-14-11-19-18(25-14)20-17(23)8-7-15(22)16-6-4-10-24-16/h4,6,10-11,13H,2-3,5,7-9,12H2,1H3,(H,19,20,23). The molecule has 0 spiro atoms. The summed E-state index contributed by atoms with van der Waals surface area (Å²) in [7, 11) is 0. The molecule has 134 valence electrons. The molecule has 1 fully saturated rings. The van der Waals surface area contributed by atoms with Crippen molar-refractivity contribution in [1.82, 2.24) is 9.88 Å². The summed E-state index contributed by atoms with van der Waals surface area (Å²) in [4.78, 5) is 32.6. The van der Waals surface area contributed by atoms with Crippen LogP contribution in [0.15, 0.2) is 23.7 Å². The number of hydrogen-bond acceptors (Lipinski definition) is 6. The first kappa shape index (κ1) is 18.2. The molecule has 0 bridgehead atoms. The summed E-state index contributed by atoms with van der Waals surface area (Å²) in [5.41, 5.74) is 0. The second-order valence-corrected chi connectivity index (χ2v) is 8.46. The number of amides is 1. The third-order valence-electron chi connectivity index (χ3n) is 4.47. The number of thiazole rings is 1. The van der Waals surface area contributed by atoms with Crippen molar-refractivity contribution in [3.8, 4) is 0 Å². The molecule has 0 saturated carbocycles. The van der Waals surface area contributed by atoms with Crippen molar-refractivity contribution < 1.29 is 9.59 Å². The quantitative estimate of drug-likeness (QED) is 0.735. The number of nitrogens with one attached hydrogen (secondary N) is 1. The van der Waals surface area contributed by atoms with Crippen LogP contribution < -0.4 is 5.32 Å². The lowest BCUT2D eigenvalue weighted by atomic mass is 10.0. The SMILES string of the molecule is CC1CCCCN1Cc1cnc(NC(=O)CCC(=O)c2cccs2)s1. The van der Waals surface area contributed by atoms with E-state index in [1.807, 2.05) is 17.6 Å². The predicted octanol–water partition coefficient (Wildman–Crippen LogP) is 4.18. The zero-order chi connectivity index (χ0) is 17.6. The van der Waals surface area contributed by atoms with E-state index in [0.717, 1.165) is 13.1 Å². The van der Waals surface area contributed by atoms with Gasteiger partial charge in [0.1, 0.15) is 0 Å². The van der Waals surface area contributed by atoms with E-state index in [1.54, 1.807) is 6.07 Å². The van der Waals surface area contributed by atoms with Gasteiger partial charge in [-0.3, -0.25) is 14.5 Å². The number of ketones is 1. The summed E-state index contributed by atoms with van der Waals surface area (Å²) >= 11 is 2.93. The van der Waals surface area contributed by atoms with E-state index in [9.17, 15) is 9.59 Å². The van der Waals surface area contributed by atoms with Gasteiger partial charge in [0.2, 0.25) is 5.91 Å². The Labute approximate surface area is 156 Å². The molecule has 1 atom stereocenters. The molecule has 1 unspecified atom stereocenters. The first-order valence-corrected chi connectivity index (χ1v) is 10.4. The van der Waals surface area contributed by atoms with Gasteiger partial charge in [0.15, 0.2) is 10.9 Å². The maximum Gasteiger partial charge on any atom is 0.226 e. The van der Waals surface area contributed by atoms with Crippen molar-refractivity contribution in [3.63, 3.8) is 0 Å². The minimum absolute atomic E-state index is 0.0177. The highest BCUT2D eigenvalue weighted by atomic mass is 32.1.